The van der Waals surface area contributed by atoms with E-state index in [1.807, 2.05) is 0 Å². The van der Waals surface area contributed by atoms with Crippen molar-refractivity contribution in [3.8, 4) is 0 Å². The molecule has 0 saturated carbocycles. The standard InChI is InChI=1S/C5H8.CHNO/c1-2-4-5-3-1;2-1-3/h1-2H,3-5H2;2H. The highest BCUT2D eigenvalue weighted by Crippen LogP contribution is 2.05. The van der Waals surface area contributed by atoms with Gasteiger partial charge < -0.3 is 0 Å². The van der Waals surface area contributed by atoms with Gasteiger partial charge in [-0.2, -0.15) is 0 Å². The van der Waals surface area contributed by atoms with Crippen molar-refractivity contribution in [2.75, 3.05) is 0 Å². The van der Waals surface area contributed by atoms with Crippen LogP contribution in [0.4, 0.5) is 0 Å². The molecule has 0 spiro atoms. The molecule has 0 atom stereocenters. The van der Waals surface area contributed by atoms with Crippen LogP contribution < -0.4 is 0 Å². The summed E-state index contributed by atoms with van der Waals surface area (Å²) in [5.41, 5.74) is 0. The van der Waals surface area contributed by atoms with Crippen molar-refractivity contribution in [2.24, 2.45) is 0 Å². The molecule has 1 aliphatic rings. The van der Waals surface area contributed by atoms with Crippen molar-refractivity contribution < 1.29 is 4.79 Å². The Morgan fingerprint density at radius 2 is 1.75 bits per heavy atom. The quantitative estimate of drug-likeness (QED) is 0.288. The van der Waals surface area contributed by atoms with E-state index >= 15 is 0 Å². The summed E-state index contributed by atoms with van der Waals surface area (Å²) < 4.78 is 0. The highest BCUT2D eigenvalue weighted by molar-refractivity contribution is 5.26. The Kier molecular flexibility index (Phi) is 5.45. The minimum atomic E-state index is 0.750. The largest absolute Gasteiger partial charge is 0.231 e. The molecule has 2 heteroatoms. The van der Waals surface area contributed by atoms with Crippen molar-refractivity contribution in [3.63, 3.8) is 0 Å². The van der Waals surface area contributed by atoms with Gasteiger partial charge in [0, 0.05) is 0 Å². The van der Waals surface area contributed by atoms with Crippen LogP contribution in [0.2, 0.25) is 0 Å². The van der Waals surface area contributed by atoms with E-state index in [1.54, 1.807) is 0 Å². The maximum Gasteiger partial charge on any atom is 0.231 e. The van der Waals surface area contributed by atoms with E-state index in [9.17, 15) is 0 Å². The lowest BCUT2D eigenvalue weighted by atomic mass is 10.4. The van der Waals surface area contributed by atoms with Gasteiger partial charge in [0.05, 0.1) is 0 Å². The Balaban J connectivity index is 0.000000145. The summed E-state index contributed by atoms with van der Waals surface area (Å²) >= 11 is 0. The summed E-state index contributed by atoms with van der Waals surface area (Å²) in [5, 5.41) is 5.40. The third kappa shape index (κ3) is 5.12. The molecule has 0 bridgehead atoms. The number of hydrogen-bond donors (Lipinski definition) is 1. The number of rotatable bonds is 0. The van der Waals surface area contributed by atoms with Gasteiger partial charge >= 0.3 is 0 Å². The van der Waals surface area contributed by atoms with Gasteiger partial charge in [-0.15, -0.1) is 0 Å². The smallest absolute Gasteiger partial charge is 0.222 e. The first-order chi connectivity index (χ1) is 3.91. The van der Waals surface area contributed by atoms with Crippen molar-refractivity contribution in [1.82, 2.24) is 0 Å². The summed E-state index contributed by atoms with van der Waals surface area (Å²) in [7, 11) is 0. The van der Waals surface area contributed by atoms with E-state index < -0.39 is 0 Å². The van der Waals surface area contributed by atoms with Gasteiger partial charge in [-0.25, -0.2) is 10.2 Å². The molecule has 2 nitrogen and oxygen atoms in total. The zero-order valence-corrected chi connectivity index (χ0v) is 4.68. The van der Waals surface area contributed by atoms with E-state index in [-0.39, 0.29) is 0 Å². The van der Waals surface area contributed by atoms with Gasteiger partial charge in [0.2, 0.25) is 6.08 Å². The van der Waals surface area contributed by atoms with Crippen molar-refractivity contribution in [2.45, 2.75) is 19.3 Å². The van der Waals surface area contributed by atoms with Crippen molar-refractivity contribution >= 4 is 6.08 Å². The van der Waals surface area contributed by atoms with Crippen LogP contribution in [0.3, 0.4) is 0 Å². The molecule has 1 aliphatic carbocycles. The van der Waals surface area contributed by atoms with Crippen LogP contribution in [-0.4, -0.2) is 6.08 Å². The van der Waals surface area contributed by atoms with Crippen LogP contribution in [0.15, 0.2) is 12.2 Å². The van der Waals surface area contributed by atoms with Gasteiger partial charge in [-0.3, -0.25) is 0 Å². The molecular weight excluding hydrogens is 102 g/mol. The van der Waals surface area contributed by atoms with Crippen LogP contribution in [0.1, 0.15) is 19.3 Å². The molecule has 0 saturated heterocycles. The van der Waals surface area contributed by atoms with Gasteiger partial charge in [0.15, 0.2) is 0 Å². The zero-order valence-electron chi connectivity index (χ0n) is 4.68. The first-order valence-electron chi connectivity index (χ1n) is 2.60. The molecule has 8 heavy (non-hydrogen) atoms. The van der Waals surface area contributed by atoms with Crippen molar-refractivity contribution in [1.29, 1.82) is 5.41 Å². The average Bonchev–Trinajstić information content (AvgIpc) is 2.17. The van der Waals surface area contributed by atoms with E-state index in [4.69, 9.17) is 10.2 Å². The maximum absolute atomic E-state index is 8.35. The third-order valence-corrected chi connectivity index (χ3v) is 0.908. The number of isocyanates is 1. The van der Waals surface area contributed by atoms with Gasteiger partial charge in [0.1, 0.15) is 0 Å². The molecule has 1 rings (SSSR count). The minimum absolute atomic E-state index is 0.750. The van der Waals surface area contributed by atoms with E-state index in [0.29, 0.717) is 0 Å². The van der Waals surface area contributed by atoms with Gasteiger partial charge in [-0.1, -0.05) is 12.2 Å². The third-order valence-electron chi connectivity index (χ3n) is 0.908. The molecule has 0 fully saturated rings. The Morgan fingerprint density at radius 1 is 1.38 bits per heavy atom. The molecular formula is C6H9NO. The fourth-order valence-electron chi connectivity index (χ4n) is 0.589. The Morgan fingerprint density at radius 3 is 1.88 bits per heavy atom. The molecule has 0 unspecified atom stereocenters. The molecule has 0 heterocycles. The lowest BCUT2D eigenvalue weighted by Gasteiger charge is -1.69. The van der Waals surface area contributed by atoms with E-state index in [1.165, 1.54) is 19.3 Å². The molecule has 0 aliphatic heterocycles. The summed E-state index contributed by atoms with van der Waals surface area (Å²) in [6.45, 7) is 0. The number of nitrogens with one attached hydrogen (secondary N) is 1. The summed E-state index contributed by atoms with van der Waals surface area (Å²) in [5.74, 6) is 0. The first kappa shape index (κ1) is 7.12. The number of allylic oxidation sites excluding steroid dienone is 2. The number of hydrogen-bond acceptors (Lipinski definition) is 2. The van der Waals surface area contributed by atoms with Crippen LogP contribution in [0, 0.1) is 5.41 Å². The second-order valence-corrected chi connectivity index (χ2v) is 1.50. The summed E-state index contributed by atoms with van der Waals surface area (Å²) in [4.78, 5) is 8.35. The van der Waals surface area contributed by atoms with E-state index in [2.05, 4.69) is 12.2 Å². The van der Waals surface area contributed by atoms with Crippen molar-refractivity contribution in [3.05, 3.63) is 12.2 Å². The monoisotopic (exact) mass is 111 g/mol. The van der Waals surface area contributed by atoms with Crippen LogP contribution >= 0.6 is 0 Å². The zero-order chi connectivity index (χ0) is 6.24. The lowest BCUT2D eigenvalue weighted by Crippen LogP contribution is -1.50. The Labute approximate surface area is 48.7 Å². The fraction of sp³-hybridized carbons (Fsp3) is 0.500. The summed E-state index contributed by atoms with van der Waals surface area (Å²) in [6.07, 6.45) is 9.25. The van der Waals surface area contributed by atoms with Gasteiger partial charge in [0.25, 0.3) is 0 Å². The highest BCUT2D eigenvalue weighted by atomic mass is 16.1. The first-order valence-corrected chi connectivity index (χ1v) is 2.60. The van der Waals surface area contributed by atoms with Crippen LogP contribution in [0.25, 0.3) is 0 Å². The lowest BCUT2D eigenvalue weighted by molar-refractivity contribution is 0.563. The topological polar surface area (TPSA) is 40.9 Å². The second-order valence-electron chi connectivity index (χ2n) is 1.50. The molecule has 0 aromatic rings. The predicted molar refractivity (Wildman–Crippen MR) is 31.4 cm³/mol. The molecule has 1 N–H and O–H groups in total. The average molecular weight is 111 g/mol. The molecule has 0 aromatic carbocycles. The summed E-state index contributed by atoms with van der Waals surface area (Å²) in [6, 6.07) is 0. The molecule has 0 aromatic heterocycles. The second kappa shape index (κ2) is 6.12. The highest BCUT2D eigenvalue weighted by Gasteiger charge is 1.84. The molecule has 0 radical (unpaired) electrons. The number of carbonyl (C=O) groups excluding carboxylic acids is 1. The Hall–Kier alpha value is -0.880. The van der Waals surface area contributed by atoms with Crippen LogP contribution in [-0.2, 0) is 4.79 Å². The SMILES string of the molecule is C1=CCCC1.N=C=O. The Bertz CT molecular complexity index is 95.1. The van der Waals surface area contributed by atoms with E-state index in [0.717, 1.165) is 6.08 Å². The minimum Gasteiger partial charge on any atom is -0.222 e. The van der Waals surface area contributed by atoms with Crippen LogP contribution in [0.5, 0.6) is 0 Å². The predicted octanol–water partition coefficient (Wildman–Crippen LogP) is 1.63. The maximum atomic E-state index is 8.35. The van der Waals surface area contributed by atoms with Gasteiger partial charge in [-0.05, 0) is 19.3 Å². The molecule has 44 valence electrons. The fourth-order valence-corrected chi connectivity index (χ4v) is 0.589. The normalized spacial score (nSPS) is 14.0. The molecule has 0 amide bonds.